The third-order valence-corrected chi connectivity index (χ3v) is 4.99. The maximum atomic E-state index is 12.4. The van der Waals surface area contributed by atoms with Crippen molar-refractivity contribution in [3.05, 3.63) is 34.7 Å². The predicted molar refractivity (Wildman–Crippen MR) is 100 cm³/mol. The van der Waals surface area contributed by atoms with E-state index in [2.05, 4.69) is 43.0 Å². The summed E-state index contributed by atoms with van der Waals surface area (Å²) in [7, 11) is 0. The first-order valence-electron chi connectivity index (χ1n) is 7.60. The van der Waals surface area contributed by atoms with Crippen molar-refractivity contribution >= 4 is 46.0 Å². The summed E-state index contributed by atoms with van der Waals surface area (Å²) in [5, 5.41) is 0. The van der Waals surface area contributed by atoms with Crippen LogP contribution in [0.25, 0.3) is 6.08 Å². The summed E-state index contributed by atoms with van der Waals surface area (Å²) < 4.78 is 0.644. The van der Waals surface area contributed by atoms with Crippen LogP contribution in [0.2, 0.25) is 0 Å². The summed E-state index contributed by atoms with van der Waals surface area (Å²) in [4.78, 5) is 17.0. The van der Waals surface area contributed by atoms with Crippen molar-refractivity contribution < 1.29 is 4.79 Å². The van der Waals surface area contributed by atoms with Crippen molar-refractivity contribution in [2.24, 2.45) is 0 Å². The molecule has 0 aromatic heterocycles. The molecule has 0 saturated carbocycles. The summed E-state index contributed by atoms with van der Waals surface area (Å²) >= 11 is 6.68. The lowest BCUT2D eigenvalue weighted by Crippen LogP contribution is -2.34. The van der Waals surface area contributed by atoms with E-state index >= 15 is 0 Å². The van der Waals surface area contributed by atoms with Gasteiger partial charge in [0.05, 0.1) is 4.91 Å². The molecule has 5 heteroatoms. The van der Waals surface area contributed by atoms with Crippen LogP contribution in [0.5, 0.6) is 0 Å². The van der Waals surface area contributed by atoms with Crippen molar-refractivity contribution in [2.75, 3.05) is 18.0 Å². The van der Waals surface area contributed by atoms with Crippen molar-refractivity contribution in [1.82, 2.24) is 4.90 Å². The Morgan fingerprint density at radius 3 is 2.27 bits per heavy atom. The van der Waals surface area contributed by atoms with Gasteiger partial charge < -0.3 is 4.90 Å². The molecule has 1 fully saturated rings. The number of hydrogen-bond acceptors (Lipinski definition) is 4. The molecule has 0 N–H and O–H groups in total. The molecule has 3 nitrogen and oxygen atoms in total. The molecular formula is C17H22N2OS2. The van der Waals surface area contributed by atoms with E-state index in [0.29, 0.717) is 9.23 Å². The Balaban J connectivity index is 2.20. The Labute approximate surface area is 142 Å². The molecule has 0 atom stereocenters. The summed E-state index contributed by atoms with van der Waals surface area (Å²) in [6.07, 6.45) is 1.92. The van der Waals surface area contributed by atoms with E-state index in [1.54, 1.807) is 4.90 Å². The van der Waals surface area contributed by atoms with Gasteiger partial charge in [-0.25, -0.2) is 0 Å². The molecule has 1 aliphatic rings. The van der Waals surface area contributed by atoms with Crippen LogP contribution in [0, 0.1) is 0 Å². The smallest absolute Gasteiger partial charge is 0.266 e. The zero-order chi connectivity index (χ0) is 16.3. The second-order valence-electron chi connectivity index (χ2n) is 5.41. The largest absolute Gasteiger partial charge is 0.372 e. The lowest BCUT2D eigenvalue weighted by Gasteiger charge is -2.20. The van der Waals surface area contributed by atoms with Crippen LogP contribution in [-0.2, 0) is 4.79 Å². The Kier molecular flexibility index (Phi) is 5.64. The Bertz CT molecular complexity index is 589. The number of thiocarbonyl (C=S) groups is 1. The molecule has 22 heavy (non-hydrogen) atoms. The maximum absolute atomic E-state index is 12.4. The van der Waals surface area contributed by atoms with Crippen molar-refractivity contribution in [2.45, 2.75) is 33.7 Å². The fourth-order valence-corrected chi connectivity index (χ4v) is 3.97. The monoisotopic (exact) mass is 334 g/mol. The van der Waals surface area contributed by atoms with Crippen LogP contribution in [0.4, 0.5) is 5.69 Å². The first-order chi connectivity index (χ1) is 10.5. The highest BCUT2D eigenvalue weighted by atomic mass is 32.2. The number of rotatable bonds is 5. The molecule has 1 aromatic rings. The number of anilines is 1. The van der Waals surface area contributed by atoms with Gasteiger partial charge in [0.2, 0.25) is 0 Å². The molecule has 1 amide bonds. The van der Waals surface area contributed by atoms with Gasteiger partial charge in [-0.05, 0) is 51.5 Å². The molecule has 0 unspecified atom stereocenters. The minimum Gasteiger partial charge on any atom is -0.372 e. The molecular weight excluding hydrogens is 312 g/mol. The van der Waals surface area contributed by atoms with E-state index in [9.17, 15) is 4.79 Å². The molecule has 0 bridgehead atoms. The van der Waals surface area contributed by atoms with E-state index in [4.69, 9.17) is 12.2 Å². The summed E-state index contributed by atoms with van der Waals surface area (Å²) in [6.45, 7) is 10.2. The number of amides is 1. The average molecular weight is 335 g/mol. The van der Waals surface area contributed by atoms with Gasteiger partial charge in [-0.15, -0.1) is 0 Å². The lowest BCUT2D eigenvalue weighted by atomic mass is 10.1. The fourth-order valence-electron chi connectivity index (χ4n) is 2.45. The average Bonchev–Trinajstić information content (AvgIpc) is 2.76. The van der Waals surface area contributed by atoms with Crippen LogP contribution in [0.1, 0.15) is 33.3 Å². The van der Waals surface area contributed by atoms with Crippen LogP contribution in [0.3, 0.4) is 0 Å². The van der Waals surface area contributed by atoms with Gasteiger partial charge in [0.15, 0.2) is 0 Å². The molecule has 1 aromatic carbocycles. The number of hydrogen-bond donors (Lipinski definition) is 0. The number of carbonyl (C=O) groups is 1. The summed E-state index contributed by atoms with van der Waals surface area (Å²) in [5.41, 5.74) is 2.23. The van der Waals surface area contributed by atoms with E-state index in [-0.39, 0.29) is 11.9 Å². The highest BCUT2D eigenvalue weighted by Gasteiger charge is 2.33. The molecule has 0 aliphatic carbocycles. The zero-order valence-corrected chi connectivity index (χ0v) is 15.1. The highest BCUT2D eigenvalue weighted by Crippen LogP contribution is 2.34. The van der Waals surface area contributed by atoms with Crippen LogP contribution < -0.4 is 4.90 Å². The normalized spacial score (nSPS) is 17.0. The van der Waals surface area contributed by atoms with Gasteiger partial charge in [0.1, 0.15) is 4.32 Å². The van der Waals surface area contributed by atoms with E-state index in [1.807, 2.05) is 19.9 Å². The van der Waals surface area contributed by atoms with Gasteiger partial charge in [0, 0.05) is 24.8 Å². The van der Waals surface area contributed by atoms with Crippen LogP contribution >= 0.6 is 24.0 Å². The zero-order valence-electron chi connectivity index (χ0n) is 13.5. The maximum Gasteiger partial charge on any atom is 0.266 e. The van der Waals surface area contributed by atoms with E-state index < -0.39 is 0 Å². The van der Waals surface area contributed by atoms with Crippen molar-refractivity contribution in [3.8, 4) is 0 Å². The summed E-state index contributed by atoms with van der Waals surface area (Å²) in [5.74, 6) is 0.0119. The van der Waals surface area contributed by atoms with Gasteiger partial charge in [0.25, 0.3) is 5.91 Å². The second-order valence-corrected chi connectivity index (χ2v) is 7.09. The third-order valence-electron chi connectivity index (χ3n) is 3.66. The molecule has 118 valence electrons. The Morgan fingerprint density at radius 2 is 1.82 bits per heavy atom. The molecule has 1 aliphatic heterocycles. The second kappa shape index (κ2) is 7.29. The molecule has 1 heterocycles. The van der Waals surface area contributed by atoms with Gasteiger partial charge >= 0.3 is 0 Å². The predicted octanol–water partition coefficient (Wildman–Crippen LogP) is 4.14. The number of nitrogens with zero attached hydrogens (tertiary/aromatic N) is 2. The molecule has 0 radical (unpaired) electrons. The van der Waals surface area contributed by atoms with Crippen molar-refractivity contribution in [1.29, 1.82) is 0 Å². The SMILES string of the molecule is CCN(CC)c1ccc(/C=C2/SC(=S)N(C(C)C)C2=O)cc1. The van der Waals surface area contributed by atoms with Crippen LogP contribution in [-0.4, -0.2) is 34.3 Å². The fraction of sp³-hybridized carbons (Fsp3) is 0.412. The van der Waals surface area contributed by atoms with E-state index in [1.165, 1.54) is 17.4 Å². The highest BCUT2D eigenvalue weighted by molar-refractivity contribution is 8.26. The van der Waals surface area contributed by atoms with Crippen LogP contribution in [0.15, 0.2) is 29.2 Å². The third kappa shape index (κ3) is 3.52. The Hall–Kier alpha value is -1.33. The first kappa shape index (κ1) is 17.0. The molecule has 2 rings (SSSR count). The van der Waals surface area contributed by atoms with E-state index in [0.717, 1.165) is 18.7 Å². The number of carbonyl (C=O) groups excluding carboxylic acids is 1. The topological polar surface area (TPSA) is 23.6 Å². The standard InChI is InChI=1S/C17H22N2OS2/c1-5-18(6-2)14-9-7-13(8-10-14)11-15-16(20)19(12(3)4)17(21)22-15/h7-12H,5-6H2,1-4H3/b15-11+. The molecule has 1 saturated heterocycles. The minimum absolute atomic E-state index is 0.0119. The van der Waals surface area contributed by atoms with Crippen molar-refractivity contribution in [3.63, 3.8) is 0 Å². The minimum atomic E-state index is 0.0119. The van der Waals surface area contributed by atoms with Gasteiger partial charge in [-0.3, -0.25) is 9.69 Å². The summed E-state index contributed by atoms with van der Waals surface area (Å²) in [6, 6.07) is 8.40. The van der Waals surface area contributed by atoms with Gasteiger partial charge in [-0.1, -0.05) is 36.1 Å². The number of benzene rings is 1. The first-order valence-corrected chi connectivity index (χ1v) is 8.82. The number of thioether (sulfide) groups is 1. The lowest BCUT2D eigenvalue weighted by molar-refractivity contribution is -0.123. The quantitative estimate of drug-likeness (QED) is 0.596. The molecule has 0 spiro atoms. The Morgan fingerprint density at radius 1 is 1.23 bits per heavy atom. The van der Waals surface area contributed by atoms with Gasteiger partial charge in [-0.2, -0.15) is 0 Å².